The van der Waals surface area contributed by atoms with Gasteiger partial charge in [0.05, 0.1) is 23.0 Å². The quantitative estimate of drug-likeness (QED) is 0.522. The lowest BCUT2D eigenvalue weighted by atomic mass is 10.3. The first-order chi connectivity index (χ1) is 10.6. The maximum Gasteiger partial charge on any atom is 0.312 e. The van der Waals surface area contributed by atoms with E-state index in [9.17, 15) is 10.1 Å². The van der Waals surface area contributed by atoms with Gasteiger partial charge in [-0.15, -0.1) is 5.10 Å². The second-order valence-corrected chi connectivity index (χ2v) is 5.23. The van der Waals surface area contributed by atoms with Crippen LogP contribution in [0.3, 0.4) is 0 Å². The van der Waals surface area contributed by atoms with Gasteiger partial charge in [0.2, 0.25) is 5.75 Å². The molecule has 0 spiro atoms. The molecule has 0 atom stereocenters. The zero-order valence-corrected chi connectivity index (χ0v) is 12.7. The number of ether oxygens (including phenoxy) is 1. The summed E-state index contributed by atoms with van der Waals surface area (Å²) in [5.74, 6) is 0.641. The average Bonchev–Trinajstić information content (AvgIpc) is 3.03. The predicted octanol–water partition coefficient (Wildman–Crippen LogP) is 3.73. The second kappa shape index (κ2) is 5.94. The number of nitro groups is 1. The van der Waals surface area contributed by atoms with Crippen molar-refractivity contribution in [1.29, 1.82) is 0 Å². The molecule has 8 heteroatoms. The molecule has 1 aromatic heterocycles. The molecule has 0 radical (unpaired) electrons. The largest absolute Gasteiger partial charge is 0.450 e. The second-order valence-electron chi connectivity index (χ2n) is 4.32. The van der Waals surface area contributed by atoms with Crippen LogP contribution in [-0.2, 0) is 0 Å². The summed E-state index contributed by atoms with van der Waals surface area (Å²) in [4.78, 5) is 10.6. The van der Waals surface area contributed by atoms with Gasteiger partial charge in [0.15, 0.2) is 0 Å². The summed E-state index contributed by atoms with van der Waals surface area (Å²) in [7, 11) is 0. The van der Waals surface area contributed by atoms with Crippen LogP contribution in [0.25, 0.3) is 5.69 Å². The van der Waals surface area contributed by atoms with Gasteiger partial charge in [-0.25, -0.2) is 4.68 Å². The van der Waals surface area contributed by atoms with Gasteiger partial charge in [-0.2, -0.15) is 0 Å². The minimum Gasteiger partial charge on any atom is -0.450 e. The first-order valence-electron chi connectivity index (χ1n) is 6.22. The Labute approximate surface area is 133 Å². The van der Waals surface area contributed by atoms with E-state index in [1.807, 2.05) is 6.07 Å². The average molecular weight is 361 g/mol. The third kappa shape index (κ3) is 2.96. The van der Waals surface area contributed by atoms with Crippen LogP contribution in [-0.4, -0.2) is 19.9 Å². The Kier molecular flexibility index (Phi) is 3.84. The number of aromatic nitrogens is 3. The van der Waals surface area contributed by atoms with E-state index in [0.29, 0.717) is 10.2 Å². The van der Waals surface area contributed by atoms with Crippen LogP contribution in [0.15, 0.2) is 59.3 Å². The highest BCUT2D eigenvalue weighted by molar-refractivity contribution is 9.10. The normalized spacial score (nSPS) is 10.4. The number of benzene rings is 2. The van der Waals surface area contributed by atoms with Gasteiger partial charge in [-0.1, -0.05) is 27.2 Å². The number of hydrogen-bond donors (Lipinski definition) is 0. The Morgan fingerprint density at radius 1 is 1.23 bits per heavy atom. The molecule has 22 heavy (non-hydrogen) atoms. The van der Waals surface area contributed by atoms with E-state index in [1.165, 1.54) is 6.07 Å². The molecule has 0 bridgehead atoms. The maximum absolute atomic E-state index is 11.1. The highest BCUT2D eigenvalue weighted by atomic mass is 79.9. The smallest absolute Gasteiger partial charge is 0.312 e. The molecule has 0 aliphatic carbocycles. The molecular weight excluding hydrogens is 352 g/mol. The fourth-order valence-corrected chi connectivity index (χ4v) is 2.23. The molecule has 0 saturated carbocycles. The first-order valence-corrected chi connectivity index (χ1v) is 7.01. The van der Waals surface area contributed by atoms with Gasteiger partial charge in [0, 0.05) is 16.6 Å². The molecule has 0 aliphatic heterocycles. The number of nitrogens with zero attached hydrogens (tertiary/aromatic N) is 4. The minimum atomic E-state index is -0.485. The number of rotatable bonds is 4. The van der Waals surface area contributed by atoms with Gasteiger partial charge in [-0.05, 0) is 24.3 Å². The van der Waals surface area contributed by atoms with Crippen molar-refractivity contribution in [2.24, 2.45) is 0 Å². The molecule has 0 fully saturated rings. The lowest BCUT2D eigenvalue weighted by Crippen LogP contribution is -1.96. The molecule has 110 valence electrons. The Hall–Kier alpha value is -2.74. The van der Waals surface area contributed by atoms with Gasteiger partial charge in [0.1, 0.15) is 5.75 Å². The number of hydrogen-bond acceptors (Lipinski definition) is 5. The van der Waals surface area contributed by atoms with Crippen LogP contribution < -0.4 is 4.74 Å². The van der Waals surface area contributed by atoms with Crippen molar-refractivity contribution in [3.63, 3.8) is 0 Å². The molecule has 0 amide bonds. The molecule has 1 heterocycles. The van der Waals surface area contributed by atoms with Crippen molar-refractivity contribution >= 4 is 21.6 Å². The van der Waals surface area contributed by atoms with Gasteiger partial charge in [0.25, 0.3) is 0 Å². The van der Waals surface area contributed by atoms with E-state index in [1.54, 1.807) is 47.4 Å². The molecule has 0 N–H and O–H groups in total. The molecule has 0 aliphatic rings. The van der Waals surface area contributed by atoms with Crippen molar-refractivity contribution < 1.29 is 9.66 Å². The van der Waals surface area contributed by atoms with Crippen LogP contribution in [0.5, 0.6) is 11.5 Å². The summed E-state index contributed by atoms with van der Waals surface area (Å²) in [6.07, 6.45) is 3.26. The molecule has 2 aromatic carbocycles. The van der Waals surface area contributed by atoms with Gasteiger partial charge >= 0.3 is 5.69 Å². The highest BCUT2D eigenvalue weighted by Gasteiger charge is 2.16. The fourth-order valence-electron chi connectivity index (χ4n) is 1.88. The van der Waals surface area contributed by atoms with E-state index >= 15 is 0 Å². The standard InChI is InChI=1S/C14H9BrN4O3/c15-10-4-5-14(13(8-10)19(20)21)22-12-3-1-2-11(9-12)18-7-6-16-17-18/h1-9H. The molecule has 3 aromatic rings. The number of nitro benzene ring substituents is 1. The van der Waals surface area contributed by atoms with Crippen LogP contribution in [0.4, 0.5) is 5.69 Å². The molecule has 3 rings (SSSR count). The topological polar surface area (TPSA) is 83.1 Å². The van der Waals surface area contributed by atoms with Crippen LogP contribution in [0.2, 0.25) is 0 Å². The van der Waals surface area contributed by atoms with E-state index in [2.05, 4.69) is 26.2 Å². The summed E-state index contributed by atoms with van der Waals surface area (Å²) in [5, 5.41) is 18.7. The predicted molar refractivity (Wildman–Crippen MR) is 82.2 cm³/mol. The third-order valence-electron chi connectivity index (χ3n) is 2.85. The summed E-state index contributed by atoms with van der Waals surface area (Å²) in [6, 6.07) is 11.7. The third-order valence-corrected chi connectivity index (χ3v) is 3.34. The Morgan fingerprint density at radius 2 is 2.09 bits per heavy atom. The van der Waals surface area contributed by atoms with Crippen molar-refractivity contribution in [3.05, 3.63) is 69.4 Å². The lowest BCUT2D eigenvalue weighted by Gasteiger charge is -2.08. The van der Waals surface area contributed by atoms with Crippen molar-refractivity contribution in [1.82, 2.24) is 15.0 Å². The van der Waals surface area contributed by atoms with Crippen LogP contribution in [0.1, 0.15) is 0 Å². The lowest BCUT2D eigenvalue weighted by molar-refractivity contribution is -0.385. The van der Waals surface area contributed by atoms with Gasteiger partial charge in [-0.3, -0.25) is 10.1 Å². The van der Waals surface area contributed by atoms with Crippen molar-refractivity contribution in [2.45, 2.75) is 0 Å². The van der Waals surface area contributed by atoms with E-state index in [0.717, 1.165) is 5.69 Å². The minimum absolute atomic E-state index is 0.111. The zero-order valence-electron chi connectivity index (χ0n) is 11.1. The Balaban J connectivity index is 1.94. The number of halogens is 1. The Bertz CT molecular complexity index is 821. The van der Waals surface area contributed by atoms with E-state index in [4.69, 9.17) is 4.74 Å². The van der Waals surface area contributed by atoms with Crippen LogP contribution in [0, 0.1) is 10.1 Å². The van der Waals surface area contributed by atoms with Crippen molar-refractivity contribution in [2.75, 3.05) is 0 Å². The molecule has 7 nitrogen and oxygen atoms in total. The summed E-state index contributed by atoms with van der Waals surface area (Å²) >= 11 is 3.21. The van der Waals surface area contributed by atoms with Crippen LogP contribution >= 0.6 is 15.9 Å². The Morgan fingerprint density at radius 3 is 2.82 bits per heavy atom. The molecule has 0 unspecified atom stereocenters. The monoisotopic (exact) mass is 360 g/mol. The van der Waals surface area contributed by atoms with E-state index in [-0.39, 0.29) is 11.4 Å². The maximum atomic E-state index is 11.1. The van der Waals surface area contributed by atoms with Gasteiger partial charge < -0.3 is 4.74 Å². The molecular formula is C14H9BrN4O3. The first kappa shape index (κ1) is 14.2. The molecule has 0 saturated heterocycles. The summed E-state index contributed by atoms with van der Waals surface area (Å²) < 4.78 is 7.83. The summed E-state index contributed by atoms with van der Waals surface area (Å²) in [6.45, 7) is 0. The fraction of sp³-hybridized carbons (Fsp3) is 0. The van der Waals surface area contributed by atoms with Crippen molar-refractivity contribution in [3.8, 4) is 17.2 Å². The highest BCUT2D eigenvalue weighted by Crippen LogP contribution is 2.34. The SMILES string of the molecule is O=[N+]([O-])c1cc(Br)ccc1Oc1cccc(-n2ccnn2)c1. The zero-order chi connectivity index (χ0) is 15.5. The van der Waals surface area contributed by atoms with E-state index < -0.39 is 4.92 Å². The summed E-state index contributed by atoms with van der Waals surface area (Å²) in [5.41, 5.74) is 0.635.